The molecule has 2 aromatic rings. The quantitative estimate of drug-likeness (QED) is 0.821. The van der Waals surface area contributed by atoms with Crippen LogP contribution in [0.3, 0.4) is 0 Å². The maximum Gasteiger partial charge on any atom is 0.248 e. The van der Waals surface area contributed by atoms with Gasteiger partial charge in [-0.25, -0.2) is 8.42 Å². The van der Waals surface area contributed by atoms with Crippen LogP contribution in [-0.2, 0) is 10.0 Å². The van der Waals surface area contributed by atoms with Crippen LogP contribution in [0.2, 0.25) is 0 Å². The van der Waals surface area contributed by atoms with Crippen molar-refractivity contribution in [3.8, 4) is 0 Å². The zero-order valence-corrected chi connectivity index (χ0v) is 14.2. The monoisotopic (exact) mass is 337 g/mol. The maximum absolute atomic E-state index is 12.8. The van der Waals surface area contributed by atoms with Crippen molar-refractivity contribution < 1.29 is 12.9 Å². The van der Waals surface area contributed by atoms with Crippen molar-refractivity contribution in [3.63, 3.8) is 0 Å². The Balaban J connectivity index is 1.75. The second-order valence-corrected chi connectivity index (χ2v) is 7.45. The molecule has 0 saturated carbocycles. The Labute approximate surface area is 135 Å². The lowest BCUT2D eigenvalue weighted by Gasteiger charge is -2.34. The number of sulfonamides is 1. The number of aromatic nitrogens is 3. The summed E-state index contributed by atoms with van der Waals surface area (Å²) in [5, 5.41) is 11.9. The standard InChI is InChI=1S/C14H19N5O3S/c1-10-4-5-13(16-15-10)18-6-8-19(9-7-18)23(20,21)14-11(2)17-22-12(14)3/h4-5H,6-9H2,1-3H3. The lowest BCUT2D eigenvalue weighted by molar-refractivity contribution is 0.377. The fourth-order valence-electron chi connectivity index (χ4n) is 2.69. The Morgan fingerprint density at radius 3 is 2.26 bits per heavy atom. The highest BCUT2D eigenvalue weighted by atomic mass is 32.2. The summed E-state index contributed by atoms with van der Waals surface area (Å²) in [6, 6.07) is 3.80. The van der Waals surface area contributed by atoms with Gasteiger partial charge in [0, 0.05) is 26.2 Å². The lowest BCUT2D eigenvalue weighted by Crippen LogP contribution is -2.49. The Bertz CT molecular complexity index is 773. The zero-order valence-electron chi connectivity index (χ0n) is 13.4. The molecule has 1 fully saturated rings. The van der Waals surface area contributed by atoms with Gasteiger partial charge in [-0.1, -0.05) is 5.16 Å². The van der Waals surface area contributed by atoms with E-state index in [0.717, 1.165) is 11.5 Å². The number of rotatable bonds is 3. The third-order valence-electron chi connectivity index (χ3n) is 3.91. The Morgan fingerprint density at radius 2 is 1.74 bits per heavy atom. The van der Waals surface area contributed by atoms with Crippen LogP contribution >= 0.6 is 0 Å². The SMILES string of the molecule is Cc1ccc(N2CCN(S(=O)(=O)c3c(C)noc3C)CC2)nn1. The molecule has 124 valence electrons. The molecule has 0 aliphatic carbocycles. The maximum atomic E-state index is 12.8. The molecular weight excluding hydrogens is 318 g/mol. The number of hydrogen-bond donors (Lipinski definition) is 0. The molecular formula is C14H19N5O3S. The fraction of sp³-hybridized carbons (Fsp3) is 0.500. The van der Waals surface area contributed by atoms with Crippen LogP contribution in [0, 0.1) is 20.8 Å². The predicted octanol–water partition coefficient (Wildman–Crippen LogP) is 0.901. The van der Waals surface area contributed by atoms with Crippen LogP contribution in [0.25, 0.3) is 0 Å². The number of hydrogen-bond acceptors (Lipinski definition) is 7. The van der Waals surface area contributed by atoms with Crippen LogP contribution < -0.4 is 4.90 Å². The minimum absolute atomic E-state index is 0.182. The van der Waals surface area contributed by atoms with Gasteiger partial charge >= 0.3 is 0 Å². The van der Waals surface area contributed by atoms with E-state index in [0.29, 0.717) is 37.6 Å². The molecule has 0 spiro atoms. The summed E-state index contributed by atoms with van der Waals surface area (Å²) in [6.45, 7) is 7.06. The first-order valence-electron chi connectivity index (χ1n) is 7.38. The molecule has 9 heteroatoms. The molecule has 1 aliphatic rings. The van der Waals surface area contributed by atoms with Crippen molar-refractivity contribution in [2.24, 2.45) is 0 Å². The van der Waals surface area contributed by atoms with E-state index in [2.05, 4.69) is 15.4 Å². The highest BCUT2D eigenvalue weighted by Crippen LogP contribution is 2.24. The van der Waals surface area contributed by atoms with Crippen LogP contribution in [0.5, 0.6) is 0 Å². The first-order chi connectivity index (χ1) is 10.9. The molecule has 0 unspecified atom stereocenters. The Kier molecular flexibility index (Phi) is 4.07. The molecule has 0 bridgehead atoms. The van der Waals surface area contributed by atoms with Gasteiger partial charge in [0.2, 0.25) is 10.0 Å². The number of piperazine rings is 1. The van der Waals surface area contributed by atoms with Crippen molar-refractivity contribution in [3.05, 3.63) is 29.3 Å². The molecule has 3 heterocycles. The second kappa shape index (κ2) is 5.89. The fourth-order valence-corrected chi connectivity index (χ4v) is 4.40. The summed E-state index contributed by atoms with van der Waals surface area (Å²) in [7, 11) is -3.58. The molecule has 0 N–H and O–H groups in total. The normalized spacial score (nSPS) is 16.7. The van der Waals surface area contributed by atoms with Crippen molar-refractivity contribution in [1.29, 1.82) is 0 Å². The van der Waals surface area contributed by atoms with Gasteiger partial charge in [0.25, 0.3) is 0 Å². The molecule has 8 nitrogen and oxygen atoms in total. The van der Waals surface area contributed by atoms with Gasteiger partial charge < -0.3 is 9.42 Å². The average molecular weight is 337 g/mol. The lowest BCUT2D eigenvalue weighted by atomic mass is 10.3. The zero-order chi connectivity index (χ0) is 16.6. The summed E-state index contributed by atoms with van der Waals surface area (Å²) in [5.74, 6) is 1.10. The van der Waals surface area contributed by atoms with Gasteiger partial charge in [-0.3, -0.25) is 0 Å². The van der Waals surface area contributed by atoms with Crippen LogP contribution in [-0.4, -0.2) is 54.3 Å². The van der Waals surface area contributed by atoms with E-state index in [1.54, 1.807) is 13.8 Å². The van der Waals surface area contributed by atoms with Crippen molar-refractivity contribution in [2.45, 2.75) is 25.7 Å². The second-order valence-electron chi connectivity index (χ2n) is 5.58. The highest BCUT2D eigenvalue weighted by molar-refractivity contribution is 7.89. The Morgan fingerprint density at radius 1 is 1.04 bits per heavy atom. The summed E-state index contributed by atoms with van der Waals surface area (Å²) in [5.41, 5.74) is 1.25. The van der Waals surface area contributed by atoms with Gasteiger partial charge in [-0.15, -0.1) is 5.10 Å². The largest absolute Gasteiger partial charge is 0.360 e. The number of aryl methyl sites for hydroxylation is 3. The highest BCUT2D eigenvalue weighted by Gasteiger charge is 2.33. The first-order valence-corrected chi connectivity index (χ1v) is 8.82. The van der Waals surface area contributed by atoms with E-state index in [4.69, 9.17) is 4.52 Å². The van der Waals surface area contributed by atoms with Crippen LogP contribution in [0.15, 0.2) is 21.6 Å². The molecule has 1 aliphatic heterocycles. The molecule has 2 aromatic heterocycles. The molecule has 0 radical (unpaired) electrons. The van der Waals surface area contributed by atoms with Gasteiger partial charge in [-0.2, -0.15) is 9.40 Å². The van der Waals surface area contributed by atoms with Crippen molar-refractivity contribution in [2.75, 3.05) is 31.1 Å². The van der Waals surface area contributed by atoms with Gasteiger partial charge in [0.1, 0.15) is 10.6 Å². The van der Waals surface area contributed by atoms with E-state index in [9.17, 15) is 8.42 Å². The molecule has 0 amide bonds. The first kappa shape index (κ1) is 15.9. The third kappa shape index (κ3) is 2.93. The summed E-state index contributed by atoms with van der Waals surface area (Å²) >= 11 is 0. The topological polar surface area (TPSA) is 92.4 Å². The van der Waals surface area contributed by atoms with Gasteiger partial charge in [0.05, 0.1) is 5.69 Å². The summed E-state index contributed by atoms with van der Waals surface area (Å²) < 4.78 is 32.0. The van der Waals surface area contributed by atoms with E-state index < -0.39 is 10.0 Å². The summed E-state index contributed by atoms with van der Waals surface area (Å²) in [4.78, 5) is 2.22. The van der Waals surface area contributed by atoms with Crippen LogP contribution in [0.4, 0.5) is 5.82 Å². The van der Waals surface area contributed by atoms with E-state index >= 15 is 0 Å². The molecule has 0 atom stereocenters. The van der Waals surface area contributed by atoms with Crippen molar-refractivity contribution in [1.82, 2.24) is 19.7 Å². The minimum Gasteiger partial charge on any atom is -0.360 e. The summed E-state index contributed by atoms with van der Waals surface area (Å²) in [6.07, 6.45) is 0. The van der Waals surface area contributed by atoms with Gasteiger partial charge in [0.15, 0.2) is 11.6 Å². The number of nitrogens with zero attached hydrogens (tertiary/aromatic N) is 5. The minimum atomic E-state index is -3.58. The predicted molar refractivity (Wildman–Crippen MR) is 83.7 cm³/mol. The van der Waals surface area contributed by atoms with E-state index in [1.807, 2.05) is 24.0 Å². The molecule has 3 rings (SSSR count). The molecule has 1 saturated heterocycles. The smallest absolute Gasteiger partial charge is 0.248 e. The van der Waals surface area contributed by atoms with E-state index in [-0.39, 0.29) is 4.90 Å². The van der Waals surface area contributed by atoms with Crippen LogP contribution in [0.1, 0.15) is 17.1 Å². The van der Waals surface area contributed by atoms with Crippen molar-refractivity contribution >= 4 is 15.8 Å². The average Bonchev–Trinajstić information content (AvgIpc) is 2.88. The number of anilines is 1. The Hall–Kier alpha value is -2.00. The molecule has 0 aromatic carbocycles. The molecule has 23 heavy (non-hydrogen) atoms. The van der Waals surface area contributed by atoms with Gasteiger partial charge in [-0.05, 0) is 32.9 Å². The van der Waals surface area contributed by atoms with E-state index in [1.165, 1.54) is 4.31 Å². The third-order valence-corrected chi connectivity index (χ3v) is 6.06.